The van der Waals surface area contributed by atoms with Crippen LogP contribution in [0.2, 0.25) is 5.02 Å². The number of ether oxygens (including phenoxy) is 1. The first-order valence-corrected chi connectivity index (χ1v) is 10.00. The van der Waals surface area contributed by atoms with Gasteiger partial charge in [0.05, 0.1) is 11.5 Å². The molecule has 0 radical (unpaired) electrons. The summed E-state index contributed by atoms with van der Waals surface area (Å²) in [5.74, 6) is 0.102. The maximum absolute atomic E-state index is 13.0. The number of benzene rings is 2. The minimum absolute atomic E-state index is 0.0259. The first-order chi connectivity index (χ1) is 15.9. The fourth-order valence-electron chi connectivity index (χ4n) is 2.90. The fraction of sp³-hybridized carbons (Fsp3) is 0.0909. The monoisotopic (exact) mass is 470 g/mol. The Bertz CT molecular complexity index is 1290. The van der Waals surface area contributed by atoms with Gasteiger partial charge in [-0.1, -0.05) is 23.7 Å². The van der Waals surface area contributed by atoms with E-state index in [1.807, 2.05) is 0 Å². The fourth-order valence-corrected chi connectivity index (χ4v) is 3.10. The van der Waals surface area contributed by atoms with Gasteiger partial charge in [-0.05, 0) is 42.0 Å². The molecule has 0 bridgehead atoms. The average molecular weight is 471 g/mol. The van der Waals surface area contributed by atoms with E-state index in [1.54, 1.807) is 24.4 Å². The van der Waals surface area contributed by atoms with Gasteiger partial charge in [0.1, 0.15) is 29.0 Å². The van der Waals surface area contributed by atoms with Crippen LogP contribution in [0.5, 0.6) is 5.75 Å². The number of nitro benzene ring substituents is 1. The van der Waals surface area contributed by atoms with Crippen molar-refractivity contribution in [1.29, 1.82) is 0 Å². The number of hydrogen-bond donors (Lipinski definition) is 1. The number of nitrogens with zero attached hydrogens (tertiary/aromatic N) is 3. The number of nitro groups is 1. The number of carbonyl (C=O) groups excluding carboxylic acids is 1. The molecule has 1 amide bonds. The second kappa shape index (κ2) is 9.53. The Morgan fingerprint density at radius 3 is 2.58 bits per heavy atom. The Hall–Kier alpha value is -4.18. The maximum atomic E-state index is 13.0. The van der Waals surface area contributed by atoms with Gasteiger partial charge >= 0.3 is 0 Å². The zero-order chi connectivity index (χ0) is 23.4. The molecule has 9 nitrogen and oxygen atoms in total. The van der Waals surface area contributed by atoms with Gasteiger partial charge in [0.2, 0.25) is 0 Å². The number of halogens is 2. The van der Waals surface area contributed by atoms with E-state index >= 15 is 0 Å². The smallest absolute Gasteiger partial charge is 0.292 e. The number of carbonyl (C=O) groups is 1. The van der Waals surface area contributed by atoms with Crippen molar-refractivity contribution in [2.45, 2.75) is 13.2 Å². The van der Waals surface area contributed by atoms with Crippen molar-refractivity contribution < 1.29 is 23.3 Å². The lowest BCUT2D eigenvalue weighted by molar-refractivity contribution is -0.384. The summed E-state index contributed by atoms with van der Waals surface area (Å²) in [4.78, 5) is 22.7. The van der Waals surface area contributed by atoms with Gasteiger partial charge in [-0.2, -0.15) is 5.10 Å². The molecule has 2 heterocycles. The number of amides is 1. The molecule has 168 valence electrons. The number of furan rings is 1. The Kier molecular flexibility index (Phi) is 6.36. The van der Waals surface area contributed by atoms with E-state index < -0.39 is 10.8 Å². The zero-order valence-electron chi connectivity index (χ0n) is 16.9. The van der Waals surface area contributed by atoms with Crippen LogP contribution in [0.25, 0.3) is 0 Å². The minimum Gasteiger partial charge on any atom is -0.486 e. The molecule has 0 spiro atoms. The normalized spacial score (nSPS) is 10.7. The molecule has 0 unspecified atom stereocenters. The molecule has 0 aliphatic heterocycles. The summed E-state index contributed by atoms with van der Waals surface area (Å²) in [6.07, 6.45) is 1.55. The van der Waals surface area contributed by atoms with Crippen molar-refractivity contribution >= 4 is 29.0 Å². The second-order valence-electron chi connectivity index (χ2n) is 6.91. The Labute approximate surface area is 191 Å². The van der Waals surface area contributed by atoms with Crippen molar-refractivity contribution in [3.05, 3.63) is 105 Å². The van der Waals surface area contributed by atoms with Crippen molar-refractivity contribution in [1.82, 2.24) is 9.78 Å². The summed E-state index contributed by atoms with van der Waals surface area (Å²) in [6, 6.07) is 14.6. The van der Waals surface area contributed by atoms with Gasteiger partial charge < -0.3 is 14.5 Å². The molecule has 1 N–H and O–H groups in total. The highest BCUT2D eigenvalue weighted by atomic mass is 35.5. The molecule has 2 aromatic heterocycles. The van der Waals surface area contributed by atoms with Gasteiger partial charge in [-0.15, -0.1) is 0 Å². The van der Waals surface area contributed by atoms with Crippen LogP contribution in [-0.2, 0) is 13.2 Å². The van der Waals surface area contributed by atoms with E-state index in [1.165, 1.54) is 47.1 Å². The zero-order valence-corrected chi connectivity index (χ0v) is 17.7. The van der Waals surface area contributed by atoms with Gasteiger partial charge in [0.15, 0.2) is 11.6 Å². The Morgan fingerprint density at radius 2 is 1.88 bits per heavy atom. The standard InChI is InChI=1S/C22H16ClFN4O5/c23-19-12-27(11-14-1-3-15(24)4-2-14)26-21(19)25-22(29)20-10-9-18(33-20)13-32-17-7-5-16(6-8-17)28(30)31/h1-10,12H,11,13H2,(H,25,26,29). The molecular formula is C22H16ClFN4O5. The van der Waals surface area contributed by atoms with Gasteiger partial charge in [-0.25, -0.2) is 4.39 Å². The van der Waals surface area contributed by atoms with Gasteiger partial charge in [-0.3, -0.25) is 19.6 Å². The molecule has 2 aromatic carbocycles. The molecule has 33 heavy (non-hydrogen) atoms. The van der Waals surface area contributed by atoms with E-state index in [2.05, 4.69) is 10.4 Å². The highest BCUT2D eigenvalue weighted by molar-refractivity contribution is 6.33. The first kappa shape index (κ1) is 22.0. The highest BCUT2D eigenvalue weighted by Gasteiger charge is 2.16. The number of hydrogen-bond acceptors (Lipinski definition) is 6. The SMILES string of the molecule is O=C(Nc1nn(Cc2ccc(F)cc2)cc1Cl)c1ccc(COc2ccc([N+](=O)[O-])cc2)o1. The van der Waals surface area contributed by atoms with Crippen molar-refractivity contribution in [3.8, 4) is 5.75 Å². The second-order valence-corrected chi connectivity index (χ2v) is 7.32. The molecule has 4 rings (SSSR count). The predicted molar refractivity (Wildman–Crippen MR) is 117 cm³/mol. The van der Waals surface area contributed by atoms with Crippen LogP contribution in [0.4, 0.5) is 15.9 Å². The largest absolute Gasteiger partial charge is 0.486 e. The quantitative estimate of drug-likeness (QED) is 0.284. The van der Waals surface area contributed by atoms with Crippen LogP contribution in [0.1, 0.15) is 21.9 Å². The summed E-state index contributed by atoms with van der Waals surface area (Å²) >= 11 is 6.17. The third-order valence-electron chi connectivity index (χ3n) is 4.52. The molecular weight excluding hydrogens is 455 g/mol. The summed E-state index contributed by atoms with van der Waals surface area (Å²) in [5.41, 5.74) is 0.773. The highest BCUT2D eigenvalue weighted by Crippen LogP contribution is 2.22. The third kappa shape index (κ3) is 5.55. The molecule has 0 saturated heterocycles. The van der Waals surface area contributed by atoms with E-state index in [0.717, 1.165) is 5.56 Å². The Morgan fingerprint density at radius 1 is 1.15 bits per heavy atom. The number of rotatable bonds is 8. The van der Waals surface area contributed by atoms with Gasteiger partial charge in [0, 0.05) is 18.3 Å². The van der Waals surface area contributed by atoms with Crippen LogP contribution in [0.15, 0.2) is 71.3 Å². The summed E-state index contributed by atoms with van der Waals surface area (Å²) in [7, 11) is 0. The molecule has 0 fully saturated rings. The van der Waals surface area contributed by atoms with E-state index in [-0.39, 0.29) is 34.7 Å². The first-order valence-electron chi connectivity index (χ1n) is 9.62. The molecule has 11 heteroatoms. The molecule has 0 aliphatic rings. The van der Waals surface area contributed by atoms with E-state index in [9.17, 15) is 19.3 Å². The van der Waals surface area contributed by atoms with Crippen LogP contribution in [0.3, 0.4) is 0 Å². The van der Waals surface area contributed by atoms with Crippen LogP contribution >= 0.6 is 11.6 Å². The Balaban J connectivity index is 1.35. The summed E-state index contributed by atoms with van der Waals surface area (Å²) < 4.78 is 25.6. The number of non-ortho nitro benzene ring substituents is 1. The molecule has 0 aliphatic carbocycles. The predicted octanol–water partition coefficient (Wildman–Crippen LogP) is 5.06. The summed E-state index contributed by atoms with van der Waals surface area (Å²) in [5, 5.41) is 17.7. The molecule has 0 atom stereocenters. The number of anilines is 1. The van der Waals surface area contributed by atoms with E-state index in [4.69, 9.17) is 20.8 Å². The number of nitrogens with one attached hydrogen (secondary N) is 1. The lowest BCUT2D eigenvalue weighted by atomic mass is 10.2. The van der Waals surface area contributed by atoms with Crippen molar-refractivity contribution in [2.75, 3.05) is 5.32 Å². The van der Waals surface area contributed by atoms with Crippen LogP contribution in [-0.4, -0.2) is 20.6 Å². The lowest BCUT2D eigenvalue weighted by Gasteiger charge is -2.04. The minimum atomic E-state index is -0.550. The molecule has 4 aromatic rings. The van der Waals surface area contributed by atoms with Crippen molar-refractivity contribution in [3.63, 3.8) is 0 Å². The number of aromatic nitrogens is 2. The maximum Gasteiger partial charge on any atom is 0.292 e. The topological polar surface area (TPSA) is 112 Å². The van der Waals surface area contributed by atoms with Gasteiger partial charge in [0.25, 0.3) is 11.6 Å². The molecule has 0 saturated carbocycles. The van der Waals surface area contributed by atoms with Crippen LogP contribution in [0, 0.1) is 15.9 Å². The third-order valence-corrected chi connectivity index (χ3v) is 4.80. The summed E-state index contributed by atoms with van der Waals surface area (Å²) in [6.45, 7) is 0.374. The average Bonchev–Trinajstić information content (AvgIpc) is 3.41. The van der Waals surface area contributed by atoms with Crippen LogP contribution < -0.4 is 10.1 Å². The lowest BCUT2D eigenvalue weighted by Crippen LogP contribution is -2.12. The van der Waals surface area contributed by atoms with E-state index in [0.29, 0.717) is 18.1 Å². The van der Waals surface area contributed by atoms with Crippen molar-refractivity contribution in [2.24, 2.45) is 0 Å².